The van der Waals surface area contributed by atoms with Gasteiger partial charge in [0.25, 0.3) is 5.56 Å². The maximum atomic E-state index is 11.7. The minimum Gasteiger partial charge on any atom is -0.384 e. The van der Waals surface area contributed by atoms with Crippen LogP contribution in [0.5, 0.6) is 0 Å². The Balaban J connectivity index is 2.74. The van der Waals surface area contributed by atoms with E-state index in [-0.39, 0.29) is 23.6 Å². The predicted molar refractivity (Wildman–Crippen MR) is 70.6 cm³/mol. The molecule has 0 aliphatic carbocycles. The maximum Gasteiger partial charge on any atom is 0.269 e. The molecular weight excluding hydrogens is 232 g/mol. The predicted octanol–water partition coefficient (Wildman–Crippen LogP) is 0.590. The molecule has 1 heterocycles. The maximum absolute atomic E-state index is 11.7. The number of anilines is 1. The summed E-state index contributed by atoms with van der Waals surface area (Å²) in [6.45, 7) is 8.24. The summed E-state index contributed by atoms with van der Waals surface area (Å²) in [5.41, 5.74) is 0.0530. The second-order valence-electron chi connectivity index (χ2n) is 5.07. The minimum absolute atomic E-state index is 0.0670. The normalized spacial score (nSPS) is 11.1. The van der Waals surface area contributed by atoms with Crippen LogP contribution in [0.3, 0.4) is 0 Å². The van der Waals surface area contributed by atoms with E-state index in [1.807, 2.05) is 27.7 Å². The fourth-order valence-corrected chi connectivity index (χ4v) is 1.45. The molecule has 0 bridgehead atoms. The van der Waals surface area contributed by atoms with Gasteiger partial charge in [-0.1, -0.05) is 0 Å². The molecule has 6 nitrogen and oxygen atoms in total. The summed E-state index contributed by atoms with van der Waals surface area (Å²) in [7, 11) is 0. The summed E-state index contributed by atoms with van der Waals surface area (Å²) in [5.74, 6) is -0.228. The fraction of sp³-hybridized carbons (Fsp3) is 0.583. The largest absolute Gasteiger partial charge is 0.384 e. The van der Waals surface area contributed by atoms with Crippen molar-refractivity contribution in [2.45, 2.75) is 39.8 Å². The first-order valence-corrected chi connectivity index (χ1v) is 5.94. The minimum atomic E-state index is -0.315. The van der Waals surface area contributed by atoms with Gasteiger partial charge in [0.05, 0.1) is 11.9 Å². The molecule has 18 heavy (non-hydrogen) atoms. The van der Waals surface area contributed by atoms with Crippen molar-refractivity contribution >= 4 is 11.6 Å². The number of carbonyl (C=O) groups is 1. The Kier molecular flexibility index (Phi) is 4.47. The lowest BCUT2D eigenvalue weighted by atomic mass is 10.1. The summed E-state index contributed by atoms with van der Waals surface area (Å²) in [5, 5.41) is 9.72. The Bertz CT molecular complexity index is 474. The highest BCUT2D eigenvalue weighted by molar-refractivity contribution is 5.76. The average molecular weight is 252 g/mol. The van der Waals surface area contributed by atoms with Gasteiger partial charge < -0.3 is 10.6 Å². The highest BCUT2D eigenvalue weighted by Gasteiger charge is 2.14. The van der Waals surface area contributed by atoms with Crippen molar-refractivity contribution < 1.29 is 4.79 Å². The molecule has 6 heteroatoms. The molecule has 0 aliphatic rings. The number of amides is 1. The lowest BCUT2D eigenvalue weighted by molar-refractivity contribution is -0.123. The molecule has 0 fully saturated rings. The Hall–Kier alpha value is -1.85. The van der Waals surface area contributed by atoms with E-state index in [0.29, 0.717) is 5.69 Å². The van der Waals surface area contributed by atoms with E-state index >= 15 is 0 Å². The van der Waals surface area contributed by atoms with Crippen LogP contribution in [0, 0.1) is 0 Å². The monoisotopic (exact) mass is 252 g/mol. The van der Waals surface area contributed by atoms with Gasteiger partial charge in [0.1, 0.15) is 6.54 Å². The smallest absolute Gasteiger partial charge is 0.269 e. The van der Waals surface area contributed by atoms with Crippen LogP contribution in [-0.2, 0) is 11.3 Å². The molecule has 0 saturated carbocycles. The zero-order chi connectivity index (χ0) is 13.8. The van der Waals surface area contributed by atoms with Gasteiger partial charge in [-0.25, -0.2) is 4.68 Å². The number of nitrogens with one attached hydrogen (secondary N) is 2. The van der Waals surface area contributed by atoms with E-state index in [2.05, 4.69) is 15.7 Å². The second-order valence-corrected chi connectivity index (χ2v) is 5.07. The molecule has 1 aromatic rings. The first kappa shape index (κ1) is 14.2. The Morgan fingerprint density at radius 3 is 2.61 bits per heavy atom. The van der Waals surface area contributed by atoms with Crippen LogP contribution < -0.4 is 16.2 Å². The van der Waals surface area contributed by atoms with E-state index in [0.717, 1.165) is 11.2 Å². The van der Waals surface area contributed by atoms with Crippen molar-refractivity contribution in [3.05, 3.63) is 22.6 Å². The third kappa shape index (κ3) is 4.57. The second kappa shape index (κ2) is 5.66. The zero-order valence-electron chi connectivity index (χ0n) is 11.3. The van der Waals surface area contributed by atoms with Gasteiger partial charge in [-0.15, -0.1) is 0 Å². The van der Waals surface area contributed by atoms with Crippen molar-refractivity contribution in [2.24, 2.45) is 0 Å². The third-order valence-corrected chi connectivity index (χ3v) is 2.06. The number of hydrogen-bond donors (Lipinski definition) is 2. The number of nitrogens with zero attached hydrogens (tertiary/aromatic N) is 2. The Labute approximate surface area is 106 Å². The SMILES string of the molecule is CCNc1cnn(CC(=O)NC(C)(C)C)c(=O)c1. The summed E-state index contributed by atoms with van der Waals surface area (Å²) >= 11 is 0. The van der Waals surface area contributed by atoms with Crippen molar-refractivity contribution in [3.8, 4) is 0 Å². The fourth-order valence-electron chi connectivity index (χ4n) is 1.45. The molecule has 0 radical (unpaired) electrons. The quantitative estimate of drug-likeness (QED) is 0.822. The lowest BCUT2D eigenvalue weighted by Gasteiger charge is -2.20. The van der Waals surface area contributed by atoms with Crippen LogP contribution in [0.15, 0.2) is 17.1 Å². The summed E-state index contributed by atoms with van der Waals surface area (Å²) in [6, 6.07) is 1.43. The van der Waals surface area contributed by atoms with Crippen LogP contribution >= 0.6 is 0 Å². The van der Waals surface area contributed by atoms with Crippen LogP contribution in [0.1, 0.15) is 27.7 Å². The molecule has 0 aliphatic heterocycles. The van der Waals surface area contributed by atoms with Crippen molar-refractivity contribution in [1.29, 1.82) is 0 Å². The van der Waals surface area contributed by atoms with Crippen molar-refractivity contribution in [2.75, 3.05) is 11.9 Å². The van der Waals surface area contributed by atoms with Crippen molar-refractivity contribution in [1.82, 2.24) is 15.1 Å². The number of aromatic nitrogens is 2. The average Bonchev–Trinajstić information content (AvgIpc) is 2.20. The summed E-state index contributed by atoms with van der Waals surface area (Å²) in [4.78, 5) is 23.4. The number of carbonyl (C=O) groups excluding carboxylic acids is 1. The van der Waals surface area contributed by atoms with Gasteiger partial charge in [0.2, 0.25) is 5.91 Å². The van der Waals surface area contributed by atoms with Gasteiger partial charge >= 0.3 is 0 Å². The molecule has 0 spiro atoms. The molecular formula is C12H20N4O2. The highest BCUT2D eigenvalue weighted by atomic mass is 16.2. The van der Waals surface area contributed by atoms with Crippen LogP contribution in [0.2, 0.25) is 0 Å². The van der Waals surface area contributed by atoms with E-state index < -0.39 is 0 Å². The molecule has 100 valence electrons. The van der Waals surface area contributed by atoms with Gasteiger partial charge in [0.15, 0.2) is 0 Å². The molecule has 0 aromatic carbocycles. The van der Waals surface area contributed by atoms with Crippen LogP contribution in [0.4, 0.5) is 5.69 Å². The Morgan fingerprint density at radius 2 is 2.11 bits per heavy atom. The molecule has 2 N–H and O–H groups in total. The van der Waals surface area contributed by atoms with Gasteiger partial charge in [-0.3, -0.25) is 9.59 Å². The topological polar surface area (TPSA) is 76.0 Å². The lowest BCUT2D eigenvalue weighted by Crippen LogP contribution is -2.43. The third-order valence-electron chi connectivity index (χ3n) is 2.06. The molecule has 0 saturated heterocycles. The molecule has 0 atom stereocenters. The van der Waals surface area contributed by atoms with E-state index in [4.69, 9.17) is 0 Å². The molecule has 1 aromatic heterocycles. The first-order chi connectivity index (χ1) is 8.31. The van der Waals surface area contributed by atoms with E-state index in [9.17, 15) is 9.59 Å². The van der Waals surface area contributed by atoms with Crippen LogP contribution in [0.25, 0.3) is 0 Å². The number of hydrogen-bond acceptors (Lipinski definition) is 4. The zero-order valence-corrected chi connectivity index (χ0v) is 11.3. The van der Waals surface area contributed by atoms with E-state index in [1.54, 1.807) is 0 Å². The van der Waals surface area contributed by atoms with Crippen LogP contribution in [-0.4, -0.2) is 27.8 Å². The molecule has 0 unspecified atom stereocenters. The molecule has 1 rings (SSSR count). The molecule has 1 amide bonds. The van der Waals surface area contributed by atoms with E-state index in [1.165, 1.54) is 12.3 Å². The van der Waals surface area contributed by atoms with Crippen molar-refractivity contribution in [3.63, 3.8) is 0 Å². The summed E-state index contributed by atoms with van der Waals surface area (Å²) < 4.78 is 1.14. The highest BCUT2D eigenvalue weighted by Crippen LogP contribution is 2.00. The summed E-state index contributed by atoms with van der Waals surface area (Å²) in [6.07, 6.45) is 1.54. The number of rotatable bonds is 4. The Morgan fingerprint density at radius 1 is 1.44 bits per heavy atom. The van der Waals surface area contributed by atoms with Gasteiger partial charge in [-0.05, 0) is 27.7 Å². The van der Waals surface area contributed by atoms with Gasteiger partial charge in [-0.2, -0.15) is 5.10 Å². The standard InChI is InChI=1S/C12H20N4O2/c1-5-13-9-6-11(18)16(14-7-9)8-10(17)15-12(2,3)4/h6-7,13H,5,8H2,1-4H3,(H,15,17). The first-order valence-electron chi connectivity index (χ1n) is 5.94. The van der Waals surface area contributed by atoms with Gasteiger partial charge in [0, 0.05) is 18.2 Å².